The van der Waals surface area contributed by atoms with Crippen LogP contribution in [0.3, 0.4) is 0 Å². The number of aliphatic hydroxyl groups excluding tert-OH is 5. The third-order valence-electron chi connectivity index (χ3n) is 20.8. The summed E-state index contributed by atoms with van der Waals surface area (Å²) in [5, 5.41) is 61.6. The van der Waals surface area contributed by atoms with Crippen molar-refractivity contribution in [3.8, 4) is 34.5 Å². The Balaban J connectivity index is 0.000000235. The van der Waals surface area contributed by atoms with E-state index in [1.807, 2.05) is 38.1 Å². The van der Waals surface area contributed by atoms with Crippen LogP contribution >= 0.6 is 133 Å². The molecule has 41 heteroatoms. The first-order valence-electron chi connectivity index (χ1n) is 46.3. The molecule has 11 aromatic rings. The van der Waals surface area contributed by atoms with Gasteiger partial charge in [0, 0.05) is 55.2 Å². The van der Waals surface area contributed by atoms with Crippen LogP contribution < -0.4 is 23.7 Å². The maximum atomic E-state index is 14.2. The SMILES string of the molecule is CCOc1ccc(C(=O)c2cc(Br)ccc2Cl)cc1F.CCOc1ccc(C(O)c2cc(Br)ccc2Cl)cc1F.CCOc1ccc(Cc2cc(Br)ccc2Cl)cc1F.CCOc1ccc(Cc2cc([C@@]34OC[C@@](CO)(O3)[C@@H](O)[C@H](O)[C@H]4O)ccc2Cl)cc1F.CCOc1ccccc1F.C[Si](C)(C)OC[C@H]1OC(=O)[C@H](O[Si](C)(C)C)[C@@H](O[Si](C)(C)C)[C@@H]1O[Si](C)(C)C.O=C(Cl)c1cc(Br)ccc1Cl.Oc1ccccc1F. The number of fused-ring (bicyclic) bond motifs is 2. The normalized spacial score (nSPS) is 18.4. The van der Waals surface area contributed by atoms with E-state index in [9.17, 15) is 66.3 Å². The van der Waals surface area contributed by atoms with Gasteiger partial charge in [0.25, 0.3) is 5.24 Å². The lowest BCUT2D eigenvalue weighted by molar-refractivity contribution is -0.329. The number of benzene rings is 11. The standard InChI is InChI=1S/C22H24ClFO7.C18H42O6Si4.C15H13BrClFO2.C15H11BrClFO2.C15H13BrClFO.C8H9FO.C7H3BrCl2O.C6H5FO/c1-2-29-17-6-3-12(8-16(17)24)7-13-9-14(4-5-15(13)23)22-20(28)18(26)19(27)21(10-25,31-22)11-30-22;1-25(2,3)20-13-14-15(22-26(4,5)6)16(23-27(7,8)9)17(18(19)21-14)24-28(10,11)12;2*1-2-20-14-6-3-9(7-13(14)18)15(19)11-8-10(16)4-5-12(11)17;1-2-19-15-6-3-10(8-14(15)18)7-11-9-12(16)4-5-13(11)17;1-2-10-8-6-4-3-5-7(8)9;8-4-1-2-6(9)5(3-4)7(10)11;7-5-3-1-2-4-6(5)8/h3-6,8-9,18-20,25-28H,2,7,10-11H2,1H3;14-17H,13H2,1-12H3;3-8,15,19H,2H2,1H3;3-8H,2H2,1H3;3-6,8-9H,2,7H2,1H3;3-6H,2H2,1H3;1-3H;1-4,8H/t18-,19-,20+,21+,22+;14-,15-,16+,17-;;;;;;/m01....../s1. The van der Waals surface area contributed by atoms with E-state index in [1.165, 1.54) is 60.7 Å². The first-order chi connectivity index (χ1) is 68.9. The molecule has 21 nitrogen and oxygen atoms in total. The second kappa shape index (κ2) is 58.7. The fourth-order valence-corrected chi connectivity index (χ4v) is 20.8. The third-order valence-corrected chi connectivity index (χ3v) is 28.7. The van der Waals surface area contributed by atoms with Gasteiger partial charge in [-0.25, -0.2) is 31.1 Å². The van der Waals surface area contributed by atoms with Gasteiger partial charge in [-0.3, -0.25) is 9.59 Å². The molecule has 0 aliphatic carbocycles. The fraction of sp³-hybridized carbons (Fsp3) is 0.349. The van der Waals surface area contributed by atoms with E-state index in [0.29, 0.717) is 116 Å². The van der Waals surface area contributed by atoms with Gasteiger partial charge in [0.05, 0.1) is 68.5 Å². The minimum Gasteiger partial charge on any atom is -0.505 e. The highest BCUT2D eigenvalue weighted by Crippen LogP contribution is 2.51. The summed E-state index contributed by atoms with van der Waals surface area (Å²) in [6, 6.07) is 55.6. The molecule has 0 spiro atoms. The zero-order valence-corrected chi connectivity index (χ0v) is 98.6. The van der Waals surface area contributed by atoms with Crippen molar-refractivity contribution < 1.29 is 127 Å². The molecule has 3 aliphatic heterocycles. The minimum absolute atomic E-state index is 0.129. The van der Waals surface area contributed by atoms with Gasteiger partial charge in [-0.05, 0) is 329 Å². The van der Waals surface area contributed by atoms with Crippen LogP contribution in [0.1, 0.15) is 106 Å². The molecule has 798 valence electrons. The summed E-state index contributed by atoms with van der Waals surface area (Å²) in [5.41, 5.74) is 3.69. The van der Waals surface area contributed by atoms with Crippen LogP contribution in [0.25, 0.3) is 0 Å². The summed E-state index contributed by atoms with van der Waals surface area (Å²) >= 11 is 48.6. The van der Waals surface area contributed by atoms with Gasteiger partial charge in [0.1, 0.15) is 42.2 Å². The summed E-state index contributed by atoms with van der Waals surface area (Å²) < 4.78 is 152. The second-order valence-electron chi connectivity index (χ2n) is 36.8. The van der Waals surface area contributed by atoms with Crippen molar-refractivity contribution in [2.24, 2.45) is 0 Å². The summed E-state index contributed by atoms with van der Waals surface area (Å²) in [6.07, 6.45) is -6.94. The molecule has 0 saturated carbocycles. The quantitative estimate of drug-likeness (QED) is 0.00802. The molecule has 6 N–H and O–H groups in total. The predicted molar refractivity (Wildman–Crippen MR) is 588 cm³/mol. The maximum Gasteiger partial charge on any atom is 0.337 e. The molecule has 1 unspecified atom stereocenters. The van der Waals surface area contributed by atoms with E-state index in [2.05, 4.69) is 142 Å². The van der Waals surface area contributed by atoms with Gasteiger partial charge in [0.2, 0.25) is 5.79 Å². The van der Waals surface area contributed by atoms with Crippen molar-refractivity contribution in [2.45, 2.75) is 186 Å². The molecule has 2 bridgehead atoms. The van der Waals surface area contributed by atoms with Gasteiger partial charge in [0.15, 0.2) is 121 Å². The number of halogens is 16. The van der Waals surface area contributed by atoms with Gasteiger partial charge in [-0.2, -0.15) is 0 Å². The molecule has 3 aliphatic rings. The van der Waals surface area contributed by atoms with Crippen molar-refractivity contribution in [3.63, 3.8) is 0 Å². The molecule has 3 fully saturated rings. The Bertz CT molecular complexity index is 6180. The topological polar surface area (TPSA) is 283 Å². The van der Waals surface area contributed by atoms with E-state index < -0.39 is 123 Å². The number of carbonyl (C=O) groups excluding carboxylic acids is 3. The Morgan fingerprint density at radius 1 is 0.456 bits per heavy atom. The van der Waals surface area contributed by atoms with E-state index in [-0.39, 0.29) is 76.8 Å². The molecule has 10 atom stereocenters. The highest BCUT2D eigenvalue weighted by molar-refractivity contribution is 9.11. The summed E-state index contributed by atoms with van der Waals surface area (Å²) in [6.45, 7) is 35.9. The molecule has 0 radical (unpaired) electrons. The van der Waals surface area contributed by atoms with Crippen LogP contribution in [0.4, 0.5) is 26.3 Å². The first-order valence-corrected chi connectivity index (χ1v) is 65.4. The number of ketones is 1. The largest absolute Gasteiger partial charge is 0.505 e. The highest BCUT2D eigenvalue weighted by Gasteiger charge is 2.67. The lowest BCUT2D eigenvalue weighted by Gasteiger charge is -2.47. The number of cyclic esters (lactones) is 1. The zero-order valence-electron chi connectivity index (χ0n) is 83.8. The number of carbonyl (C=O) groups is 3. The summed E-state index contributed by atoms with van der Waals surface area (Å²) in [5.74, 6) is -4.48. The van der Waals surface area contributed by atoms with Crippen LogP contribution in [0.2, 0.25) is 104 Å². The number of rotatable bonds is 30. The van der Waals surface area contributed by atoms with Crippen molar-refractivity contribution in [3.05, 3.63) is 346 Å². The fourth-order valence-electron chi connectivity index (χ4n) is 14.2. The molecular weight excluding hydrogens is 2370 g/mol. The van der Waals surface area contributed by atoms with Crippen LogP contribution in [0.5, 0.6) is 34.5 Å². The van der Waals surface area contributed by atoms with E-state index in [0.717, 1.165) is 35.1 Å². The molecule has 14 rings (SSSR count). The molecule has 11 aromatic carbocycles. The lowest BCUT2D eigenvalue weighted by Crippen LogP contribution is -2.65. The maximum absolute atomic E-state index is 14.2. The number of aromatic hydroxyl groups is 1. The number of esters is 1. The molecule has 0 amide bonds. The summed E-state index contributed by atoms with van der Waals surface area (Å²) in [7, 11) is -7.66. The number of hydrogen-bond donors (Lipinski definition) is 6. The van der Waals surface area contributed by atoms with Gasteiger partial charge >= 0.3 is 5.97 Å². The average molecular weight is 2490 g/mol. The summed E-state index contributed by atoms with van der Waals surface area (Å²) in [4.78, 5) is 35.9. The van der Waals surface area contributed by atoms with Crippen LogP contribution in [-0.4, -0.2) is 182 Å². The molecule has 0 aromatic heterocycles. The third kappa shape index (κ3) is 39.0. The average Bonchev–Trinajstić information content (AvgIpc) is 1.56. The number of ether oxygens (including phenoxy) is 8. The Morgan fingerprint density at radius 3 is 1.33 bits per heavy atom. The van der Waals surface area contributed by atoms with Crippen molar-refractivity contribution in [1.82, 2.24) is 0 Å². The Labute approximate surface area is 922 Å². The monoisotopic (exact) mass is 2480 g/mol. The van der Waals surface area contributed by atoms with Crippen LogP contribution in [0, 0.1) is 34.9 Å². The number of hydrogen-bond acceptors (Lipinski definition) is 21. The van der Waals surface area contributed by atoms with E-state index >= 15 is 0 Å². The van der Waals surface area contributed by atoms with Crippen LogP contribution in [-0.2, 0) is 55.3 Å². The highest BCUT2D eigenvalue weighted by atomic mass is 79.9. The number of aliphatic hydroxyl groups is 5. The van der Waals surface area contributed by atoms with E-state index in [4.69, 9.17) is 130 Å². The molecular formula is C106H120Br4Cl6F6O21Si4. The molecule has 3 heterocycles. The van der Waals surface area contributed by atoms with Gasteiger partial charge < -0.3 is 86.2 Å². The van der Waals surface area contributed by atoms with Gasteiger partial charge in [-0.1, -0.05) is 170 Å². The van der Waals surface area contributed by atoms with Crippen molar-refractivity contribution in [2.75, 3.05) is 52.9 Å². The number of para-hydroxylation sites is 2. The van der Waals surface area contributed by atoms with Crippen molar-refractivity contribution >= 4 is 184 Å². The molecule has 3 saturated heterocycles. The van der Waals surface area contributed by atoms with Crippen molar-refractivity contribution in [1.29, 1.82) is 0 Å². The Hall–Kier alpha value is -7.30. The smallest absolute Gasteiger partial charge is 0.337 e. The Kier molecular flexibility index (Phi) is 50.5. The Morgan fingerprint density at radius 2 is 0.878 bits per heavy atom. The number of phenols is 1. The van der Waals surface area contributed by atoms with Crippen LogP contribution in [0.15, 0.2) is 230 Å². The zero-order chi connectivity index (χ0) is 110. The first kappa shape index (κ1) is 127. The molecule has 147 heavy (non-hydrogen) atoms. The van der Waals surface area contributed by atoms with E-state index in [1.54, 1.807) is 142 Å². The van der Waals surface area contributed by atoms with Gasteiger partial charge in [-0.15, -0.1) is 0 Å². The number of phenolic OH excluding ortho intramolecular Hbond substituents is 1. The minimum atomic E-state index is -2.00. The second-order valence-corrected chi connectivity index (χ2v) is 60.8. The lowest BCUT2D eigenvalue weighted by atomic mass is 9.83. The predicted octanol–water partition coefficient (Wildman–Crippen LogP) is 28.0.